The lowest BCUT2D eigenvalue weighted by atomic mass is 10.0. The Kier molecular flexibility index (Phi) is 6.27. The van der Waals surface area contributed by atoms with Crippen molar-refractivity contribution in [2.75, 3.05) is 11.9 Å². The van der Waals surface area contributed by atoms with Crippen molar-refractivity contribution in [2.45, 2.75) is 6.18 Å². The number of benzene rings is 2. The van der Waals surface area contributed by atoms with Crippen LogP contribution in [0.25, 0.3) is 0 Å². The van der Waals surface area contributed by atoms with Crippen molar-refractivity contribution >= 4 is 40.6 Å². The number of fused-ring (bicyclic) bond motifs is 1. The maximum atomic E-state index is 12.8. The van der Waals surface area contributed by atoms with Gasteiger partial charge in [-0.15, -0.1) is 0 Å². The van der Waals surface area contributed by atoms with Gasteiger partial charge in [0.2, 0.25) is 0 Å². The lowest BCUT2D eigenvalue weighted by Crippen LogP contribution is -2.31. The summed E-state index contributed by atoms with van der Waals surface area (Å²) in [4.78, 5) is 30.3. The van der Waals surface area contributed by atoms with E-state index in [1.54, 1.807) is 36.5 Å². The van der Waals surface area contributed by atoms with E-state index in [1.165, 1.54) is 12.1 Å². The van der Waals surface area contributed by atoms with E-state index >= 15 is 0 Å². The summed E-state index contributed by atoms with van der Waals surface area (Å²) < 4.78 is 38.5. The number of carbonyl (C=O) groups excluding carboxylic acids is 1. The summed E-state index contributed by atoms with van der Waals surface area (Å²) in [5.74, 6) is 0.198. The molecule has 7 nitrogen and oxygen atoms in total. The summed E-state index contributed by atoms with van der Waals surface area (Å²) >= 11 is 6.15. The Hall–Kier alpha value is -3.92. The molecule has 33 heavy (non-hydrogen) atoms. The summed E-state index contributed by atoms with van der Waals surface area (Å²) in [7, 11) is 0. The van der Waals surface area contributed by atoms with Crippen molar-refractivity contribution < 1.29 is 22.8 Å². The summed E-state index contributed by atoms with van der Waals surface area (Å²) in [6.45, 7) is 0.0229. The fourth-order valence-corrected chi connectivity index (χ4v) is 3.19. The second-order valence-corrected chi connectivity index (χ2v) is 7.23. The van der Waals surface area contributed by atoms with Gasteiger partial charge >= 0.3 is 12.3 Å². The minimum atomic E-state index is -4.53. The minimum absolute atomic E-state index is 0.0229. The van der Waals surface area contributed by atoms with Crippen molar-refractivity contribution in [3.05, 3.63) is 88.7 Å². The van der Waals surface area contributed by atoms with Gasteiger partial charge in [-0.3, -0.25) is 15.3 Å². The van der Waals surface area contributed by atoms with E-state index in [1.807, 2.05) is 6.07 Å². The molecule has 0 bridgehead atoms. The molecule has 3 aromatic rings. The van der Waals surface area contributed by atoms with Gasteiger partial charge in [-0.05, 0) is 48.5 Å². The molecular weight excluding hydrogens is 459 g/mol. The standard InChI is InChI=1S/C22H15ClF3N5O2/c23-14-7-8-17-16(11-14)20(18-6-1-2-9-27-18)28-12-19(30-17)31-33-21(32)29-15-5-3-4-13(10-15)22(24,25)26/h1-11H,12H2,(H,29,32)(H,30,31). The van der Waals surface area contributed by atoms with Gasteiger partial charge in [0.15, 0.2) is 5.84 Å². The Morgan fingerprint density at radius 1 is 1.06 bits per heavy atom. The molecule has 0 aliphatic carbocycles. The molecule has 0 unspecified atom stereocenters. The number of amides is 1. The average Bonchev–Trinajstić information content (AvgIpc) is 2.97. The van der Waals surface area contributed by atoms with Gasteiger partial charge in [-0.1, -0.05) is 23.7 Å². The van der Waals surface area contributed by atoms with Crippen LogP contribution in [0.3, 0.4) is 0 Å². The van der Waals surface area contributed by atoms with Crippen LogP contribution in [0.4, 0.5) is 29.3 Å². The highest BCUT2D eigenvalue weighted by molar-refractivity contribution is 6.31. The molecule has 2 aromatic carbocycles. The van der Waals surface area contributed by atoms with Crippen LogP contribution in [0.5, 0.6) is 0 Å². The van der Waals surface area contributed by atoms with Crippen LogP contribution in [-0.2, 0) is 11.0 Å². The Labute approximate surface area is 191 Å². The maximum absolute atomic E-state index is 12.8. The lowest BCUT2D eigenvalue weighted by molar-refractivity contribution is -0.137. The first-order valence-corrected chi connectivity index (χ1v) is 9.92. The summed E-state index contributed by atoms with van der Waals surface area (Å²) in [6, 6.07) is 14.6. The number of hydroxylamine groups is 1. The maximum Gasteiger partial charge on any atom is 0.435 e. The first kappa shape index (κ1) is 22.3. The third-order valence-electron chi connectivity index (χ3n) is 4.46. The van der Waals surface area contributed by atoms with E-state index in [2.05, 4.69) is 25.8 Å². The number of rotatable bonds is 2. The van der Waals surface area contributed by atoms with Crippen LogP contribution in [0.1, 0.15) is 16.8 Å². The van der Waals surface area contributed by atoms with E-state index < -0.39 is 17.8 Å². The minimum Gasteiger partial charge on any atom is -0.323 e. The molecular formula is C22H15ClF3N5O2. The van der Waals surface area contributed by atoms with Crippen molar-refractivity contribution in [2.24, 2.45) is 9.98 Å². The Morgan fingerprint density at radius 2 is 1.91 bits per heavy atom. The molecule has 2 heterocycles. The third-order valence-corrected chi connectivity index (χ3v) is 4.70. The summed E-state index contributed by atoms with van der Waals surface area (Å²) in [6.07, 6.45) is -3.92. The molecule has 0 saturated heterocycles. The zero-order valence-corrected chi connectivity index (χ0v) is 17.5. The molecule has 0 saturated carbocycles. The quantitative estimate of drug-likeness (QED) is 0.489. The number of hydrogen-bond acceptors (Lipinski definition) is 6. The number of nitrogens with zero attached hydrogens (tertiary/aromatic N) is 3. The van der Waals surface area contributed by atoms with Gasteiger partial charge in [0.25, 0.3) is 0 Å². The molecule has 0 radical (unpaired) electrons. The monoisotopic (exact) mass is 473 g/mol. The van der Waals surface area contributed by atoms with Gasteiger partial charge in [0, 0.05) is 22.5 Å². The van der Waals surface area contributed by atoms with Gasteiger partial charge in [0.05, 0.1) is 22.7 Å². The molecule has 1 aliphatic rings. The van der Waals surface area contributed by atoms with Crippen LogP contribution in [-0.4, -0.2) is 29.2 Å². The molecule has 0 spiro atoms. The number of amidine groups is 1. The van der Waals surface area contributed by atoms with E-state index in [-0.39, 0.29) is 18.1 Å². The van der Waals surface area contributed by atoms with E-state index in [9.17, 15) is 18.0 Å². The molecule has 2 N–H and O–H groups in total. The van der Waals surface area contributed by atoms with Crippen molar-refractivity contribution in [1.29, 1.82) is 0 Å². The summed E-state index contributed by atoms with van der Waals surface area (Å²) in [5, 5.41) is 2.72. The molecule has 0 atom stereocenters. The zero-order chi connectivity index (χ0) is 23.4. The number of hydrogen-bond donors (Lipinski definition) is 2. The predicted molar refractivity (Wildman–Crippen MR) is 118 cm³/mol. The zero-order valence-electron chi connectivity index (χ0n) is 16.7. The second kappa shape index (κ2) is 9.29. The number of aromatic nitrogens is 1. The van der Waals surface area contributed by atoms with E-state index in [0.717, 1.165) is 12.1 Å². The fourth-order valence-electron chi connectivity index (χ4n) is 3.01. The van der Waals surface area contributed by atoms with Gasteiger partial charge in [-0.25, -0.2) is 15.3 Å². The number of halogens is 4. The molecule has 0 fully saturated rings. The molecule has 1 aliphatic heterocycles. The van der Waals surface area contributed by atoms with Gasteiger partial charge in [0.1, 0.15) is 6.54 Å². The molecule has 4 rings (SSSR count). The lowest BCUT2D eigenvalue weighted by Gasteiger charge is -2.11. The Morgan fingerprint density at radius 3 is 2.67 bits per heavy atom. The third kappa shape index (κ3) is 5.47. The van der Waals surface area contributed by atoms with E-state index in [0.29, 0.717) is 27.7 Å². The molecule has 168 valence electrons. The van der Waals surface area contributed by atoms with Crippen LogP contribution < -0.4 is 10.8 Å². The predicted octanol–water partition coefficient (Wildman–Crippen LogP) is 5.39. The van der Waals surface area contributed by atoms with Gasteiger partial charge < -0.3 is 4.84 Å². The number of pyridine rings is 1. The van der Waals surface area contributed by atoms with Crippen molar-refractivity contribution in [3.8, 4) is 0 Å². The Balaban J connectivity index is 1.50. The van der Waals surface area contributed by atoms with E-state index in [4.69, 9.17) is 16.4 Å². The second-order valence-electron chi connectivity index (χ2n) is 6.79. The topological polar surface area (TPSA) is 88.0 Å². The number of alkyl halides is 3. The smallest absolute Gasteiger partial charge is 0.323 e. The van der Waals surface area contributed by atoms with Crippen LogP contribution in [0.15, 0.2) is 76.8 Å². The normalized spacial score (nSPS) is 13.2. The average molecular weight is 474 g/mol. The molecule has 1 aromatic heterocycles. The van der Waals surface area contributed by atoms with Crippen molar-refractivity contribution in [1.82, 2.24) is 10.5 Å². The largest absolute Gasteiger partial charge is 0.435 e. The van der Waals surface area contributed by atoms with Crippen LogP contribution >= 0.6 is 11.6 Å². The number of nitrogens with one attached hydrogen (secondary N) is 2. The van der Waals surface area contributed by atoms with Crippen LogP contribution in [0.2, 0.25) is 5.02 Å². The first-order chi connectivity index (χ1) is 15.8. The Bertz CT molecular complexity index is 1250. The summed E-state index contributed by atoms with van der Waals surface area (Å²) in [5.41, 5.74) is 3.77. The highest BCUT2D eigenvalue weighted by Crippen LogP contribution is 2.31. The highest BCUT2D eigenvalue weighted by atomic mass is 35.5. The SMILES string of the molecule is O=C(Nc1cccc(C(F)(F)F)c1)ONC1=Nc2ccc(Cl)cc2C(c2ccccn2)=NC1. The first-order valence-electron chi connectivity index (χ1n) is 9.54. The fraction of sp³-hybridized carbons (Fsp3) is 0.0909. The number of aliphatic imine (C=N–C) groups is 2. The molecule has 1 amide bonds. The molecule has 11 heteroatoms. The van der Waals surface area contributed by atoms with Gasteiger partial charge in [-0.2, -0.15) is 13.2 Å². The van der Waals surface area contributed by atoms with Crippen LogP contribution in [0, 0.1) is 0 Å². The van der Waals surface area contributed by atoms with Crippen molar-refractivity contribution in [3.63, 3.8) is 0 Å². The highest BCUT2D eigenvalue weighted by Gasteiger charge is 2.30. The number of carbonyl (C=O) groups is 1. The number of anilines is 1.